The molecular formula is C23H35N7S2. The Bertz CT molecular complexity index is 882. The van der Waals surface area contributed by atoms with E-state index < -0.39 is 0 Å². The molecular weight excluding hydrogens is 438 g/mol. The summed E-state index contributed by atoms with van der Waals surface area (Å²) in [7, 11) is 2.17. The van der Waals surface area contributed by atoms with E-state index in [4.69, 9.17) is 10.3 Å². The van der Waals surface area contributed by atoms with Crippen LogP contribution in [0.3, 0.4) is 0 Å². The lowest BCUT2D eigenvalue weighted by Crippen LogP contribution is -2.46. The number of nitriles is 1. The van der Waals surface area contributed by atoms with Crippen molar-refractivity contribution in [3.63, 3.8) is 0 Å². The Hall–Kier alpha value is -1.86. The van der Waals surface area contributed by atoms with Crippen LogP contribution in [0.5, 0.6) is 0 Å². The molecule has 0 unspecified atom stereocenters. The molecule has 1 aromatic heterocycles. The number of anilines is 1. The number of nitrogens with zero attached hydrogens (tertiary/aromatic N) is 5. The maximum Gasteiger partial charge on any atom is 0.188 e. The molecule has 2 N–H and O–H groups in total. The molecule has 3 rings (SSSR count). The lowest BCUT2D eigenvalue weighted by Gasteiger charge is -2.34. The summed E-state index contributed by atoms with van der Waals surface area (Å²) >= 11 is 3.31. The minimum Gasteiger partial charge on any atom is -0.354 e. The number of allylic oxidation sites excluding steroid dienone is 2. The highest BCUT2D eigenvalue weighted by Crippen LogP contribution is 2.32. The first-order valence-electron chi connectivity index (χ1n) is 11.4. The minimum absolute atomic E-state index is 0.607. The molecule has 0 aromatic carbocycles. The predicted molar refractivity (Wildman–Crippen MR) is 137 cm³/mol. The second-order valence-electron chi connectivity index (χ2n) is 8.36. The monoisotopic (exact) mass is 473 g/mol. The summed E-state index contributed by atoms with van der Waals surface area (Å²) in [5.41, 5.74) is 2.32. The van der Waals surface area contributed by atoms with Crippen LogP contribution in [0.2, 0.25) is 0 Å². The van der Waals surface area contributed by atoms with E-state index in [0.29, 0.717) is 10.1 Å². The van der Waals surface area contributed by atoms with Gasteiger partial charge in [-0.15, -0.1) is 11.8 Å². The maximum atomic E-state index is 9.07. The van der Waals surface area contributed by atoms with Crippen molar-refractivity contribution in [3.8, 4) is 6.07 Å². The SMILES string of the molecule is CCC(C)=C(/N=C(\C=C(/C)Nc1ncc(C#N)s1)N1CCN(C)CC1)SC1CCNCC1. The molecule has 0 amide bonds. The zero-order chi connectivity index (χ0) is 22.9. The van der Waals surface area contributed by atoms with Crippen LogP contribution < -0.4 is 10.6 Å². The van der Waals surface area contributed by atoms with Crippen molar-refractivity contribution in [1.82, 2.24) is 20.1 Å². The molecule has 0 radical (unpaired) electrons. The van der Waals surface area contributed by atoms with Gasteiger partial charge in [0.1, 0.15) is 16.8 Å². The highest BCUT2D eigenvalue weighted by molar-refractivity contribution is 8.03. The minimum atomic E-state index is 0.607. The molecule has 174 valence electrons. The van der Waals surface area contributed by atoms with Crippen molar-refractivity contribution >= 4 is 34.1 Å². The average Bonchev–Trinajstić information content (AvgIpc) is 3.26. The first-order chi connectivity index (χ1) is 15.5. The van der Waals surface area contributed by atoms with Crippen LogP contribution in [0, 0.1) is 11.3 Å². The number of aliphatic imine (C=N–C) groups is 1. The second kappa shape index (κ2) is 12.4. The first-order valence-corrected chi connectivity index (χ1v) is 13.1. The number of rotatable bonds is 7. The Morgan fingerprint density at radius 3 is 2.69 bits per heavy atom. The summed E-state index contributed by atoms with van der Waals surface area (Å²) in [6.07, 6.45) is 7.11. The molecule has 2 aliphatic heterocycles. The van der Waals surface area contributed by atoms with Crippen molar-refractivity contribution in [2.75, 3.05) is 51.6 Å². The normalized spacial score (nSPS) is 20.2. The fourth-order valence-electron chi connectivity index (χ4n) is 3.56. The summed E-state index contributed by atoms with van der Waals surface area (Å²) < 4.78 is 0. The molecule has 0 bridgehead atoms. The molecule has 32 heavy (non-hydrogen) atoms. The van der Waals surface area contributed by atoms with Crippen LogP contribution in [-0.4, -0.2) is 72.2 Å². The third-order valence-electron chi connectivity index (χ3n) is 5.77. The van der Waals surface area contributed by atoms with E-state index in [1.807, 2.05) is 18.7 Å². The topological polar surface area (TPSA) is 79.6 Å². The average molecular weight is 474 g/mol. The largest absolute Gasteiger partial charge is 0.354 e. The number of amidine groups is 1. The van der Waals surface area contributed by atoms with Crippen LogP contribution in [0.4, 0.5) is 5.13 Å². The summed E-state index contributed by atoms with van der Waals surface area (Å²) in [6.45, 7) is 12.6. The van der Waals surface area contributed by atoms with Crippen LogP contribution in [0.1, 0.15) is 44.9 Å². The van der Waals surface area contributed by atoms with Crippen LogP contribution in [-0.2, 0) is 0 Å². The van der Waals surface area contributed by atoms with Crippen LogP contribution in [0.25, 0.3) is 0 Å². The molecule has 3 heterocycles. The third-order valence-corrected chi connectivity index (χ3v) is 8.05. The van der Waals surface area contributed by atoms with Gasteiger partial charge in [0.05, 0.1) is 11.2 Å². The van der Waals surface area contributed by atoms with Gasteiger partial charge in [-0.1, -0.05) is 18.3 Å². The highest BCUT2D eigenvalue weighted by Gasteiger charge is 2.20. The fourth-order valence-corrected chi connectivity index (χ4v) is 5.52. The van der Waals surface area contributed by atoms with E-state index in [0.717, 1.165) is 62.4 Å². The molecule has 0 saturated carbocycles. The lowest BCUT2D eigenvalue weighted by molar-refractivity contribution is 0.216. The van der Waals surface area contributed by atoms with Gasteiger partial charge in [-0.05, 0) is 64.9 Å². The number of hydrogen-bond donors (Lipinski definition) is 2. The maximum absolute atomic E-state index is 9.07. The van der Waals surface area contributed by atoms with Crippen molar-refractivity contribution in [3.05, 3.63) is 33.4 Å². The van der Waals surface area contributed by atoms with E-state index >= 15 is 0 Å². The Morgan fingerprint density at radius 2 is 2.06 bits per heavy atom. The zero-order valence-electron chi connectivity index (χ0n) is 19.6. The van der Waals surface area contributed by atoms with Gasteiger partial charge in [0.25, 0.3) is 0 Å². The Labute approximate surface area is 200 Å². The van der Waals surface area contributed by atoms with E-state index in [-0.39, 0.29) is 0 Å². The fraction of sp³-hybridized carbons (Fsp3) is 0.609. The van der Waals surface area contributed by atoms with E-state index in [2.05, 4.69) is 58.5 Å². The van der Waals surface area contributed by atoms with Gasteiger partial charge in [0.15, 0.2) is 5.13 Å². The Balaban J connectivity index is 1.86. The highest BCUT2D eigenvalue weighted by atomic mass is 32.2. The molecule has 0 spiro atoms. The van der Waals surface area contributed by atoms with E-state index in [9.17, 15) is 0 Å². The second-order valence-corrected chi connectivity index (χ2v) is 10.7. The number of piperidine rings is 1. The van der Waals surface area contributed by atoms with Crippen molar-refractivity contribution in [2.24, 2.45) is 4.99 Å². The predicted octanol–water partition coefficient (Wildman–Crippen LogP) is 4.10. The number of aromatic nitrogens is 1. The van der Waals surface area contributed by atoms with Gasteiger partial charge < -0.3 is 20.4 Å². The summed E-state index contributed by atoms with van der Waals surface area (Å²) in [5.74, 6) is 1.00. The smallest absolute Gasteiger partial charge is 0.188 e. The lowest BCUT2D eigenvalue weighted by atomic mass is 10.2. The molecule has 9 heteroatoms. The first kappa shape index (κ1) is 24.8. The third kappa shape index (κ3) is 7.34. The summed E-state index contributed by atoms with van der Waals surface area (Å²) in [5, 5.41) is 18.4. The van der Waals surface area contributed by atoms with Gasteiger partial charge in [0, 0.05) is 37.1 Å². The number of nitrogens with one attached hydrogen (secondary N) is 2. The van der Waals surface area contributed by atoms with Crippen LogP contribution in [0.15, 0.2) is 33.6 Å². The van der Waals surface area contributed by atoms with Gasteiger partial charge in [0.2, 0.25) is 0 Å². The molecule has 7 nitrogen and oxygen atoms in total. The quantitative estimate of drug-likeness (QED) is 0.456. The summed E-state index contributed by atoms with van der Waals surface area (Å²) in [6, 6.07) is 2.15. The van der Waals surface area contributed by atoms with Gasteiger partial charge in [-0.2, -0.15) is 5.26 Å². The molecule has 2 aliphatic rings. The molecule has 0 atom stereocenters. The Kier molecular flexibility index (Phi) is 9.60. The zero-order valence-corrected chi connectivity index (χ0v) is 21.3. The molecule has 1 aromatic rings. The van der Waals surface area contributed by atoms with Gasteiger partial charge in [-0.3, -0.25) is 0 Å². The number of piperazine rings is 1. The van der Waals surface area contributed by atoms with Gasteiger partial charge in [-0.25, -0.2) is 9.98 Å². The molecule has 2 fully saturated rings. The standard InChI is InChI=1S/C23H35N7S2/c1-5-17(2)22(31-19-6-8-25-9-7-19)28-21(30-12-10-29(4)11-13-30)14-18(3)27-23-26-16-20(15-24)32-23/h14,16,19,25H,5-13H2,1-4H3,(H,26,27)/b18-14+,22-17?,28-21+. The number of hydrogen-bond acceptors (Lipinski definition) is 8. The van der Waals surface area contributed by atoms with E-state index in [1.165, 1.54) is 34.8 Å². The van der Waals surface area contributed by atoms with Crippen molar-refractivity contribution < 1.29 is 0 Å². The van der Waals surface area contributed by atoms with Crippen molar-refractivity contribution in [2.45, 2.75) is 45.3 Å². The Morgan fingerprint density at radius 1 is 1.34 bits per heavy atom. The number of likely N-dealkylation sites (N-methyl/N-ethyl adjacent to an activating group) is 1. The van der Waals surface area contributed by atoms with E-state index in [1.54, 1.807) is 6.20 Å². The number of thiazole rings is 1. The summed E-state index contributed by atoms with van der Waals surface area (Å²) in [4.78, 5) is 14.9. The van der Waals surface area contributed by atoms with Crippen LogP contribution >= 0.6 is 23.1 Å². The molecule has 2 saturated heterocycles. The van der Waals surface area contributed by atoms with Gasteiger partial charge >= 0.3 is 0 Å². The molecule has 0 aliphatic carbocycles. The number of thioether (sulfide) groups is 1. The van der Waals surface area contributed by atoms with Crippen molar-refractivity contribution in [1.29, 1.82) is 5.26 Å².